The number of aromatic nitrogens is 4. The van der Waals surface area contributed by atoms with Crippen LogP contribution in [0.2, 0.25) is 5.02 Å². The Kier molecular flexibility index (Phi) is 5.70. The topological polar surface area (TPSA) is 74.0 Å². The van der Waals surface area contributed by atoms with E-state index >= 15 is 0 Å². The number of alkyl halides is 2. The van der Waals surface area contributed by atoms with Crippen LogP contribution in [-0.4, -0.2) is 25.5 Å². The highest BCUT2D eigenvalue weighted by Gasteiger charge is 2.17. The molecule has 0 aliphatic heterocycles. The molecule has 3 rings (SSSR count). The third kappa shape index (κ3) is 5.04. The summed E-state index contributed by atoms with van der Waals surface area (Å²) in [6.07, 6.45) is 0.289. The molecule has 0 saturated carbocycles. The minimum atomic E-state index is -2.70. The van der Waals surface area contributed by atoms with Gasteiger partial charge in [0.1, 0.15) is 18.0 Å². The summed E-state index contributed by atoms with van der Waals surface area (Å²) < 4.78 is 33.9. The van der Waals surface area contributed by atoms with Crippen molar-refractivity contribution < 1.29 is 18.3 Å². The van der Waals surface area contributed by atoms with Gasteiger partial charge in [-0.15, -0.1) is 0 Å². The highest BCUT2D eigenvalue weighted by Crippen LogP contribution is 2.20. The molecule has 0 fully saturated rings. The maximum atomic E-state index is 12.9. The van der Waals surface area contributed by atoms with E-state index in [2.05, 4.69) is 15.5 Å². The lowest BCUT2D eigenvalue weighted by Crippen LogP contribution is -2.21. The molecule has 0 aliphatic rings. The Morgan fingerprint density at radius 3 is 2.93 bits per heavy atom. The lowest BCUT2D eigenvalue weighted by molar-refractivity contribution is -0.117. The molecule has 0 radical (unpaired) electrons. The number of carbonyl (C=O) groups excluding carboxylic acids is 1. The number of hydrogen-bond acceptors (Lipinski definition) is 4. The van der Waals surface area contributed by atoms with E-state index in [0.717, 1.165) is 4.68 Å². The third-order valence-corrected chi connectivity index (χ3v) is 3.76. The minimum Gasteiger partial charge on any atom is -0.471 e. The van der Waals surface area contributed by atoms with Gasteiger partial charge in [-0.05, 0) is 31.2 Å². The maximum absolute atomic E-state index is 12.9. The van der Waals surface area contributed by atoms with E-state index < -0.39 is 12.3 Å². The quantitative estimate of drug-likeness (QED) is 0.662. The van der Waals surface area contributed by atoms with E-state index in [1.165, 1.54) is 16.9 Å². The van der Waals surface area contributed by atoms with Crippen molar-refractivity contribution in [3.05, 3.63) is 59.1 Å². The molecule has 7 nitrogen and oxygen atoms in total. The molecule has 0 saturated heterocycles. The fraction of sp³-hybridized carbons (Fsp3) is 0.235. The van der Waals surface area contributed by atoms with Gasteiger partial charge in [-0.25, -0.2) is 13.5 Å². The smallest absolute Gasteiger partial charge is 0.280 e. The number of aryl methyl sites for hydroxylation is 1. The van der Waals surface area contributed by atoms with Crippen molar-refractivity contribution in [2.45, 2.75) is 26.6 Å². The van der Waals surface area contributed by atoms with Gasteiger partial charge in [0, 0.05) is 5.02 Å². The van der Waals surface area contributed by atoms with Crippen molar-refractivity contribution >= 4 is 23.2 Å². The van der Waals surface area contributed by atoms with Gasteiger partial charge in [-0.1, -0.05) is 17.7 Å². The van der Waals surface area contributed by atoms with Gasteiger partial charge < -0.3 is 10.1 Å². The molecule has 1 N–H and O–H groups in total. The molecule has 1 aromatic carbocycles. The molecule has 0 bridgehead atoms. The van der Waals surface area contributed by atoms with Gasteiger partial charge in [-0.2, -0.15) is 10.2 Å². The Morgan fingerprint density at radius 1 is 1.37 bits per heavy atom. The van der Waals surface area contributed by atoms with Gasteiger partial charge in [0.25, 0.3) is 6.43 Å². The molecule has 27 heavy (non-hydrogen) atoms. The van der Waals surface area contributed by atoms with Crippen molar-refractivity contribution in [3.8, 4) is 5.75 Å². The summed E-state index contributed by atoms with van der Waals surface area (Å²) in [5, 5.41) is 11.1. The predicted octanol–water partition coefficient (Wildman–Crippen LogP) is 3.65. The summed E-state index contributed by atoms with van der Waals surface area (Å²) in [5.74, 6) is 0.0903. The van der Waals surface area contributed by atoms with Crippen LogP contribution in [-0.2, 0) is 18.1 Å². The van der Waals surface area contributed by atoms with Gasteiger partial charge in [0.15, 0.2) is 6.73 Å². The molecule has 2 aromatic heterocycles. The molecule has 142 valence electrons. The summed E-state index contributed by atoms with van der Waals surface area (Å²) in [4.78, 5) is 12.1. The number of ether oxygens (including phenoxy) is 1. The van der Waals surface area contributed by atoms with E-state index in [4.69, 9.17) is 16.3 Å². The van der Waals surface area contributed by atoms with E-state index in [1.807, 2.05) is 0 Å². The van der Waals surface area contributed by atoms with E-state index in [0.29, 0.717) is 22.2 Å². The van der Waals surface area contributed by atoms with Gasteiger partial charge in [-0.3, -0.25) is 9.48 Å². The number of rotatable bonds is 7. The Labute approximate surface area is 158 Å². The van der Waals surface area contributed by atoms with E-state index in [-0.39, 0.29) is 19.0 Å². The normalized spacial score (nSPS) is 11.0. The molecule has 0 aliphatic carbocycles. The van der Waals surface area contributed by atoms with E-state index in [9.17, 15) is 13.6 Å². The second-order valence-electron chi connectivity index (χ2n) is 5.72. The number of nitrogens with zero attached hydrogens (tertiary/aromatic N) is 4. The molecule has 1 amide bonds. The number of nitrogens with one attached hydrogen (secondary N) is 1. The van der Waals surface area contributed by atoms with Crippen LogP contribution in [0.25, 0.3) is 0 Å². The summed E-state index contributed by atoms with van der Waals surface area (Å²) in [6, 6.07) is 8.17. The number of amides is 1. The molecule has 0 unspecified atom stereocenters. The first-order valence-electron chi connectivity index (χ1n) is 7.94. The van der Waals surface area contributed by atoms with Crippen LogP contribution < -0.4 is 10.1 Å². The number of hydrogen-bond donors (Lipinski definition) is 1. The molecule has 3 aromatic rings. The van der Waals surface area contributed by atoms with Crippen LogP contribution in [0.3, 0.4) is 0 Å². The Balaban J connectivity index is 1.56. The zero-order valence-corrected chi connectivity index (χ0v) is 15.0. The number of carbonyl (C=O) groups is 1. The Morgan fingerprint density at radius 2 is 2.19 bits per heavy atom. The first-order chi connectivity index (χ1) is 12.9. The SMILES string of the molecule is Cc1cc(C(F)F)n(CC(=O)Nc2cnn(COc3cccc(Cl)c3)c2)n1. The summed E-state index contributed by atoms with van der Waals surface area (Å²) in [6.45, 7) is 1.38. The predicted molar refractivity (Wildman–Crippen MR) is 94.9 cm³/mol. The molecule has 10 heteroatoms. The highest BCUT2D eigenvalue weighted by molar-refractivity contribution is 6.30. The van der Waals surface area contributed by atoms with Crippen LogP contribution in [0.4, 0.5) is 14.5 Å². The minimum absolute atomic E-state index is 0.115. The average Bonchev–Trinajstić information content (AvgIpc) is 3.19. The number of anilines is 1. The number of benzene rings is 1. The maximum Gasteiger partial charge on any atom is 0.280 e. The van der Waals surface area contributed by atoms with Crippen LogP contribution in [0, 0.1) is 6.92 Å². The molecule has 0 atom stereocenters. The number of halogens is 3. The summed E-state index contributed by atoms with van der Waals surface area (Å²) in [5.41, 5.74) is 0.537. The van der Waals surface area contributed by atoms with Crippen LogP contribution in [0.15, 0.2) is 42.7 Å². The fourth-order valence-corrected chi connectivity index (χ4v) is 2.58. The summed E-state index contributed by atoms with van der Waals surface area (Å²) in [7, 11) is 0. The van der Waals surface area contributed by atoms with Crippen LogP contribution in [0.1, 0.15) is 17.8 Å². The average molecular weight is 396 g/mol. The van der Waals surface area contributed by atoms with E-state index in [1.54, 1.807) is 37.4 Å². The summed E-state index contributed by atoms with van der Waals surface area (Å²) >= 11 is 5.88. The van der Waals surface area contributed by atoms with Gasteiger partial charge >= 0.3 is 0 Å². The zero-order chi connectivity index (χ0) is 19.4. The van der Waals surface area contributed by atoms with Gasteiger partial charge in [0.2, 0.25) is 5.91 Å². The second kappa shape index (κ2) is 8.17. The van der Waals surface area contributed by atoms with Crippen molar-refractivity contribution in [1.29, 1.82) is 0 Å². The monoisotopic (exact) mass is 395 g/mol. The largest absolute Gasteiger partial charge is 0.471 e. The Hall–Kier alpha value is -2.94. The third-order valence-electron chi connectivity index (χ3n) is 3.53. The van der Waals surface area contributed by atoms with Crippen molar-refractivity contribution in [3.63, 3.8) is 0 Å². The van der Waals surface area contributed by atoms with Gasteiger partial charge in [0.05, 0.1) is 23.8 Å². The lowest BCUT2D eigenvalue weighted by Gasteiger charge is -2.07. The first-order valence-corrected chi connectivity index (χ1v) is 8.31. The van der Waals surface area contributed by atoms with Crippen molar-refractivity contribution in [2.75, 3.05) is 5.32 Å². The standard InChI is InChI=1S/C17H16ClF2N5O2/c1-11-5-15(17(19)20)25(23-11)9-16(26)22-13-7-21-24(8-13)10-27-14-4-2-3-12(18)6-14/h2-8,17H,9-10H2,1H3,(H,22,26). The molecular weight excluding hydrogens is 380 g/mol. The first kappa shape index (κ1) is 18.8. The highest BCUT2D eigenvalue weighted by atomic mass is 35.5. The fourth-order valence-electron chi connectivity index (χ4n) is 2.40. The van der Waals surface area contributed by atoms with Crippen molar-refractivity contribution in [2.24, 2.45) is 0 Å². The lowest BCUT2D eigenvalue weighted by atomic mass is 10.3. The Bertz CT molecular complexity index is 941. The van der Waals surface area contributed by atoms with Crippen molar-refractivity contribution in [1.82, 2.24) is 19.6 Å². The van der Waals surface area contributed by atoms with Crippen LogP contribution >= 0.6 is 11.6 Å². The van der Waals surface area contributed by atoms with Crippen LogP contribution in [0.5, 0.6) is 5.75 Å². The molecule has 0 spiro atoms. The molecule has 2 heterocycles. The molecular formula is C17H16ClF2N5O2. The zero-order valence-electron chi connectivity index (χ0n) is 14.3. The second-order valence-corrected chi connectivity index (χ2v) is 6.15.